The summed E-state index contributed by atoms with van der Waals surface area (Å²) in [6.45, 7) is 1.94. The van der Waals surface area contributed by atoms with Gasteiger partial charge < -0.3 is 10.5 Å². The first-order chi connectivity index (χ1) is 10.2. The van der Waals surface area contributed by atoms with E-state index >= 15 is 0 Å². The van der Waals surface area contributed by atoms with Gasteiger partial charge in [0.25, 0.3) is 0 Å². The molecule has 2 aromatic carbocycles. The van der Waals surface area contributed by atoms with Crippen molar-refractivity contribution in [3.63, 3.8) is 0 Å². The molecule has 0 aliphatic rings. The fourth-order valence-electron chi connectivity index (χ4n) is 1.94. The normalized spacial score (nSPS) is 12.1. The Morgan fingerprint density at radius 3 is 2.43 bits per heavy atom. The fourth-order valence-corrected chi connectivity index (χ4v) is 1.94. The summed E-state index contributed by atoms with van der Waals surface area (Å²) in [5, 5.41) is 4.29. The average Bonchev–Trinajstić information content (AvgIpc) is 2.97. The van der Waals surface area contributed by atoms with Gasteiger partial charge in [0, 0.05) is 6.04 Å². The van der Waals surface area contributed by atoms with E-state index in [9.17, 15) is 0 Å². The van der Waals surface area contributed by atoms with Gasteiger partial charge in [-0.05, 0) is 36.8 Å². The molecule has 0 aliphatic carbocycles. The van der Waals surface area contributed by atoms with Crippen LogP contribution in [0.25, 0.3) is 5.69 Å². The van der Waals surface area contributed by atoms with E-state index in [0.29, 0.717) is 11.8 Å². The van der Waals surface area contributed by atoms with Gasteiger partial charge in [0.2, 0.25) is 0 Å². The van der Waals surface area contributed by atoms with Crippen LogP contribution in [0.15, 0.2) is 60.9 Å². The molecule has 0 unspecified atom stereocenters. The van der Waals surface area contributed by atoms with Crippen LogP contribution in [0.3, 0.4) is 0 Å². The number of para-hydroxylation sites is 1. The van der Waals surface area contributed by atoms with E-state index in [1.807, 2.05) is 61.5 Å². The van der Waals surface area contributed by atoms with Crippen molar-refractivity contribution in [3.8, 4) is 17.4 Å². The number of aromatic nitrogens is 3. The first-order valence-electron chi connectivity index (χ1n) is 6.73. The van der Waals surface area contributed by atoms with Crippen LogP contribution in [-0.4, -0.2) is 14.8 Å². The molecule has 0 radical (unpaired) electrons. The molecule has 0 saturated carbocycles. The van der Waals surface area contributed by atoms with E-state index in [2.05, 4.69) is 10.1 Å². The zero-order valence-electron chi connectivity index (χ0n) is 11.7. The maximum absolute atomic E-state index is 5.82. The van der Waals surface area contributed by atoms with Gasteiger partial charge in [-0.2, -0.15) is 4.98 Å². The molecule has 1 heterocycles. The highest BCUT2D eigenvalue weighted by Crippen LogP contribution is 2.20. The molecule has 5 heteroatoms. The van der Waals surface area contributed by atoms with Gasteiger partial charge in [0.15, 0.2) is 0 Å². The third-order valence-electron chi connectivity index (χ3n) is 3.11. The molecule has 0 fully saturated rings. The Kier molecular flexibility index (Phi) is 3.66. The number of hydrogen-bond donors (Lipinski definition) is 1. The molecule has 106 valence electrons. The second-order valence-corrected chi connectivity index (χ2v) is 4.77. The van der Waals surface area contributed by atoms with Crippen molar-refractivity contribution in [1.29, 1.82) is 0 Å². The van der Waals surface area contributed by atoms with Gasteiger partial charge in [0.05, 0.1) is 5.69 Å². The van der Waals surface area contributed by atoms with Crippen LogP contribution in [0.1, 0.15) is 18.5 Å². The van der Waals surface area contributed by atoms with Gasteiger partial charge in [-0.15, -0.1) is 5.10 Å². The van der Waals surface area contributed by atoms with Gasteiger partial charge in [0.1, 0.15) is 12.1 Å². The zero-order chi connectivity index (χ0) is 14.7. The monoisotopic (exact) mass is 280 g/mol. The first kappa shape index (κ1) is 13.3. The number of ether oxygens (including phenoxy) is 1. The van der Waals surface area contributed by atoms with E-state index < -0.39 is 0 Å². The van der Waals surface area contributed by atoms with Crippen molar-refractivity contribution in [1.82, 2.24) is 14.8 Å². The van der Waals surface area contributed by atoms with Gasteiger partial charge in [-0.3, -0.25) is 0 Å². The molecule has 2 N–H and O–H groups in total. The summed E-state index contributed by atoms with van der Waals surface area (Å²) in [6, 6.07) is 17.7. The first-order valence-corrected chi connectivity index (χ1v) is 6.73. The van der Waals surface area contributed by atoms with Crippen molar-refractivity contribution in [3.05, 3.63) is 66.5 Å². The molecule has 3 aromatic rings. The number of hydrogen-bond acceptors (Lipinski definition) is 4. The SMILES string of the molecule is C[C@H](N)c1ccc(Oc2ncn(-c3ccccc3)n2)cc1. The largest absolute Gasteiger partial charge is 0.423 e. The minimum absolute atomic E-state index is 0.00876. The fraction of sp³-hybridized carbons (Fsp3) is 0.125. The van der Waals surface area contributed by atoms with Crippen LogP contribution in [0.2, 0.25) is 0 Å². The predicted molar refractivity (Wildman–Crippen MR) is 80.5 cm³/mol. The molecule has 0 aliphatic heterocycles. The number of benzene rings is 2. The smallest absolute Gasteiger partial charge is 0.341 e. The van der Waals surface area contributed by atoms with E-state index in [-0.39, 0.29) is 6.04 Å². The average molecular weight is 280 g/mol. The molecule has 0 bridgehead atoms. The quantitative estimate of drug-likeness (QED) is 0.797. The van der Waals surface area contributed by atoms with Crippen molar-refractivity contribution in [2.24, 2.45) is 5.73 Å². The Morgan fingerprint density at radius 2 is 1.76 bits per heavy atom. The van der Waals surface area contributed by atoms with Crippen LogP contribution in [0.5, 0.6) is 11.8 Å². The lowest BCUT2D eigenvalue weighted by molar-refractivity contribution is 0.441. The van der Waals surface area contributed by atoms with Crippen LogP contribution in [0.4, 0.5) is 0 Å². The summed E-state index contributed by atoms with van der Waals surface area (Å²) < 4.78 is 7.30. The Morgan fingerprint density at radius 1 is 1.05 bits per heavy atom. The van der Waals surface area contributed by atoms with E-state index in [1.165, 1.54) is 0 Å². The highest BCUT2D eigenvalue weighted by atomic mass is 16.5. The van der Waals surface area contributed by atoms with Gasteiger partial charge in [-0.25, -0.2) is 4.68 Å². The third kappa shape index (κ3) is 3.09. The van der Waals surface area contributed by atoms with Gasteiger partial charge in [-0.1, -0.05) is 30.3 Å². The molecule has 1 aromatic heterocycles. The Bertz CT molecular complexity index is 705. The Hall–Kier alpha value is -2.66. The molecule has 0 saturated heterocycles. The summed E-state index contributed by atoms with van der Waals surface area (Å²) in [5.74, 6) is 0.685. The van der Waals surface area contributed by atoms with Crippen molar-refractivity contribution in [2.75, 3.05) is 0 Å². The van der Waals surface area contributed by atoms with Crippen LogP contribution < -0.4 is 10.5 Å². The van der Waals surface area contributed by atoms with E-state index in [0.717, 1.165) is 11.3 Å². The highest BCUT2D eigenvalue weighted by molar-refractivity contribution is 5.32. The van der Waals surface area contributed by atoms with Crippen molar-refractivity contribution >= 4 is 0 Å². The second kappa shape index (κ2) is 5.76. The minimum Gasteiger partial charge on any atom is -0.423 e. The maximum atomic E-state index is 5.82. The molecule has 0 spiro atoms. The lowest BCUT2D eigenvalue weighted by Gasteiger charge is -2.06. The Balaban J connectivity index is 1.75. The lowest BCUT2D eigenvalue weighted by Crippen LogP contribution is -2.04. The minimum atomic E-state index is 0.00876. The summed E-state index contributed by atoms with van der Waals surface area (Å²) in [5.41, 5.74) is 7.81. The molecular weight excluding hydrogens is 264 g/mol. The van der Waals surface area contributed by atoms with Crippen LogP contribution in [0, 0.1) is 0 Å². The van der Waals surface area contributed by atoms with E-state index in [1.54, 1.807) is 11.0 Å². The summed E-state index contributed by atoms with van der Waals surface area (Å²) >= 11 is 0. The molecule has 0 amide bonds. The summed E-state index contributed by atoms with van der Waals surface area (Å²) in [7, 11) is 0. The molecule has 5 nitrogen and oxygen atoms in total. The molecular formula is C16H16N4O. The standard InChI is InChI=1S/C16H16N4O/c1-12(17)13-7-9-15(10-8-13)21-16-18-11-20(19-16)14-5-3-2-4-6-14/h2-12H,17H2,1H3/t12-/m0/s1. The highest BCUT2D eigenvalue weighted by Gasteiger charge is 2.06. The van der Waals surface area contributed by atoms with Crippen LogP contribution in [-0.2, 0) is 0 Å². The van der Waals surface area contributed by atoms with Gasteiger partial charge >= 0.3 is 6.01 Å². The van der Waals surface area contributed by atoms with Crippen molar-refractivity contribution < 1.29 is 4.74 Å². The molecule has 21 heavy (non-hydrogen) atoms. The second-order valence-electron chi connectivity index (χ2n) is 4.77. The number of rotatable bonds is 4. The zero-order valence-corrected chi connectivity index (χ0v) is 11.7. The third-order valence-corrected chi connectivity index (χ3v) is 3.11. The van der Waals surface area contributed by atoms with Crippen LogP contribution >= 0.6 is 0 Å². The maximum Gasteiger partial charge on any atom is 0.341 e. The number of nitrogens with two attached hydrogens (primary N) is 1. The Labute approximate surface area is 123 Å². The van der Waals surface area contributed by atoms with Crippen molar-refractivity contribution in [2.45, 2.75) is 13.0 Å². The van der Waals surface area contributed by atoms with E-state index in [4.69, 9.17) is 10.5 Å². The topological polar surface area (TPSA) is 66.0 Å². The summed E-state index contributed by atoms with van der Waals surface area (Å²) in [6.07, 6.45) is 1.63. The lowest BCUT2D eigenvalue weighted by atomic mass is 10.1. The molecule has 3 rings (SSSR count). The number of nitrogens with zero attached hydrogens (tertiary/aromatic N) is 3. The predicted octanol–water partition coefficient (Wildman–Crippen LogP) is 3.08. The molecule has 1 atom stereocenters. The summed E-state index contributed by atoms with van der Waals surface area (Å²) in [4.78, 5) is 4.15.